The Morgan fingerprint density at radius 3 is 2.79 bits per heavy atom. The highest BCUT2D eigenvalue weighted by Crippen LogP contribution is 2.25. The first-order valence-electron chi connectivity index (χ1n) is 5.49. The van der Waals surface area contributed by atoms with Crippen molar-refractivity contribution in [2.75, 3.05) is 0 Å². The molecule has 0 amide bonds. The van der Waals surface area contributed by atoms with E-state index >= 15 is 0 Å². The summed E-state index contributed by atoms with van der Waals surface area (Å²) in [6.45, 7) is 3.30. The van der Waals surface area contributed by atoms with E-state index in [1.165, 1.54) is 10.7 Å². The molecule has 0 spiro atoms. The lowest BCUT2D eigenvalue weighted by molar-refractivity contribution is -0.136. The molecule has 0 radical (unpaired) electrons. The smallest absolute Gasteiger partial charge is 0.309 e. The molecule has 1 heterocycles. The molecule has 0 aliphatic carbocycles. The predicted octanol–water partition coefficient (Wildman–Crippen LogP) is 2.30. The van der Waals surface area contributed by atoms with Gasteiger partial charge in [-0.05, 0) is 31.5 Å². The van der Waals surface area contributed by atoms with Crippen molar-refractivity contribution >= 4 is 17.6 Å². The van der Waals surface area contributed by atoms with E-state index in [2.05, 4.69) is 10.3 Å². The summed E-state index contributed by atoms with van der Waals surface area (Å²) in [4.78, 5) is 10.7. The molecule has 2 rings (SSSR count). The maximum atomic E-state index is 13.3. The number of aryl methyl sites for hydroxylation is 1. The summed E-state index contributed by atoms with van der Waals surface area (Å²) in [5.41, 5.74) is 1.82. The molecule has 0 saturated carbocycles. The third kappa shape index (κ3) is 2.58. The number of rotatable bonds is 3. The highest BCUT2D eigenvalue weighted by atomic mass is 35.5. The van der Waals surface area contributed by atoms with Crippen molar-refractivity contribution < 1.29 is 14.3 Å². The van der Waals surface area contributed by atoms with Crippen molar-refractivity contribution in [1.82, 2.24) is 15.0 Å². The van der Waals surface area contributed by atoms with Gasteiger partial charge in [-0.15, -0.1) is 5.10 Å². The molecule has 7 heteroatoms. The third-order valence-electron chi connectivity index (χ3n) is 2.77. The fraction of sp³-hybridized carbons (Fsp3) is 0.250. The molecule has 0 atom stereocenters. The van der Waals surface area contributed by atoms with Gasteiger partial charge in [-0.2, -0.15) is 0 Å². The molecule has 0 saturated heterocycles. The molecular weight excluding hydrogens is 273 g/mol. The van der Waals surface area contributed by atoms with Crippen molar-refractivity contribution in [2.24, 2.45) is 0 Å². The molecule has 0 unspecified atom stereocenters. The van der Waals surface area contributed by atoms with E-state index in [-0.39, 0.29) is 11.4 Å². The van der Waals surface area contributed by atoms with Crippen LogP contribution in [0.1, 0.15) is 17.0 Å². The van der Waals surface area contributed by atoms with Gasteiger partial charge in [0.15, 0.2) is 0 Å². The van der Waals surface area contributed by atoms with Gasteiger partial charge in [0.2, 0.25) is 0 Å². The Morgan fingerprint density at radius 2 is 2.16 bits per heavy atom. The molecule has 0 fully saturated rings. The van der Waals surface area contributed by atoms with E-state index in [0.29, 0.717) is 22.6 Å². The molecular formula is C12H11ClFN3O2. The van der Waals surface area contributed by atoms with Crippen LogP contribution in [-0.2, 0) is 11.2 Å². The number of aliphatic carboxylic acids is 1. The molecule has 2 aromatic rings. The zero-order valence-electron chi connectivity index (χ0n) is 10.3. The average Bonchev–Trinajstić information content (AvgIpc) is 2.65. The number of aromatic nitrogens is 3. The SMILES string of the molecule is Cc1cc(-n2nnc(CC(=O)O)c2C)c(Cl)cc1F. The van der Waals surface area contributed by atoms with Crippen LogP contribution >= 0.6 is 11.6 Å². The number of benzene rings is 1. The zero-order chi connectivity index (χ0) is 14.2. The Balaban J connectivity index is 2.51. The van der Waals surface area contributed by atoms with Crippen LogP contribution in [-0.4, -0.2) is 26.1 Å². The summed E-state index contributed by atoms with van der Waals surface area (Å²) in [7, 11) is 0. The molecule has 1 aromatic carbocycles. The molecule has 0 aliphatic rings. The van der Waals surface area contributed by atoms with Gasteiger partial charge in [-0.1, -0.05) is 16.8 Å². The monoisotopic (exact) mass is 283 g/mol. The first-order chi connectivity index (χ1) is 8.90. The van der Waals surface area contributed by atoms with Crippen LogP contribution in [0, 0.1) is 19.7 Å². The minimum Gasteiger partial charge on any atom is -0.481 e. The lowest BCUT2D eigenvalue weighted by Crippen LogP contribution is -2.04. The minimum absolute atomic E-state index is 0.193. The van der Waals surface area contributed by atoms with Crippen molar-refractivity contribution in [3.63, 3.8) is 0 Å². The van der Waals surface area contributed by atoms with Crippen LogP contribution in [0.3, 0.4) is 0 Å². The van der Waals surface area contributed by atoms with Gasteiger partial charge >= 0.3 is 5.97 Å². The van der Waals surface area contributed by atoms with E-state index in [0.717, 1.165) is 0 Å². The van der Waals surface area contributed by atoms with Gasteiger partial charge in [0.05, 0.1) is 28.5 Å². The fourth-order valence-electron chi connectivity index (χ4n) is 1.70. The lowest BCUT2D eigenvalue weighted by Gasteiger charge is -2.08. The highest BCUT2D eigenvalue weighted by molar-refractivity contribution is 6.32. The van der Waals surface area contributed by atoms with Gasteiger partial charge in [0.25, 0.3) is 0 Å². The number of hydrogen-bond acceptors (Lipinski definition) is 3. The van der Waals surface area contributed by atoms with Crippen LogP contribution in [0.4, 0.5) is 4.39 Å². The Morgan fingerprint density at radius 1 is 1.47 bits per heavy atom. The fourth-order valence-corrected chi connectivity index (χ4v) is 1.93. The first-order valence-corrected chi connectivity index (χ1v) is 5.87. The van der Waals surface area contributed by atoms with E-state index < -0.39 is 11.8 Å². The summed E-state index contributed by atoms with van der Waals surface area (Å²) in [6.07, 6.45) is -0.219. The minimum atomic E-state index is -0.989. The molecule has 100 valence electrons. The molecule has 19 heavy (non-hydrogen) atoms. The summed E-state index contributed by atoms with van der Waals surface area (Å²) < 4.78 is 14.8. The van der Waals surface area contributed by atoms with Gasteiger partial charge in [0, 0.05) is 0 Å². The third-order valence-corrected chi connectivity index (χ3v) is 3.07. The van der Waals surface area contributed by atoms with Gasteiger partial charge < -0.3 is 5.11 Å². The number of hydrogen-bond donors (Lipinski definition) is 1. The van der Waals surface area contributed by atoms with Gasteiger partial charge in [-0.25, -0.2) is 9.07 Å². The standard InChI is InChI=1S/C12H11ClFN3O2/c1-6-3-11(8(13)4-9(6)14)17-7(2)10(15-16-17)5-12(18)19/h3-4H,5H2,1-2H3,(H,18,19). The van der Waals surface area contributed by atoms with Crippen molar-refractivity contribution in [1.29, 1.82) is 0 Å². The topological polar surface area (TPSA) is 68.0 Å². The van der Waals surface area contributed by atoms with Gasteiger partial charge in [0.1, 0.15) is 5.82 Å². The summed E-state index contributed by atoms with van der Waals surface area (Å²) in [5.74, 6) is -1.39. The van der Waals surface area contributed by atoms with Crippen LogP contribution < -0.4 is 0 Å². The Hall–Kier alpha value is -1.95. The predicted molar refractivity (Wildman–Crippen MR) is 67.1 cm³/mol. The second-order valence-corrected chi connectivity index (χ2v) is 4.56. The Bertz CT molecular complexity index is 655. The van der Waals surface area contributed by atoms with Crippen molar-refractivity contribution in [3.8, 4) is 5.69 Å². The zero-order valence-corrected chi connectivity index (χ0v) is 11.1. The maximum absolute atomic E-state index is 13.3. The largest absolute Gasteiger partial charge is 0.481 e. The number of carbonyl (C=O) groups is 1. The number of halogens is 2. The van der Waals surface area contributed by atoms with Crippen molar-refractivity contribution in [2.45, 2.75) is 20.3 Å². The van der Waals surface area contributed by atoms with E-state index in [9.17, 15) is 9.18 Å². The second kappa shape index (κ2) is 4.97. The lowest BCUT2D eigenvalue weighted by atomic mass is 10.2. The van der Waals surface area contributed by atoms with Crippen LogP contribution in [0.15, 0.2) is 12.1 Å². The van der Waals surface area contributed by atoms with E-state index in [1.54, 1.807) is 19.9 Å². The van der Waals surface area contributed by atoms with E-state index in [1.807, 2.05) is 0 Å². The Kier molecular flexibility index (Phi) is 3.53. The molecule has 0 bridgehead atoms. The molecule has 0 aliphatic heterocycles. The normalized spacial score (nSPS) is 10.7. The quantitative estimate of drug-likeness (QED) is 0.938. The summed E-state index contributed by atoms with van der Waals surface area (Å²) >= 11 is 5.98. The van der Waals surface area contributed by atoms with Gasteiger partial charge in [-0.3, -0.25) is 4.79 Å². The van der Waals surface area contributed by atoms with Crippen LogP contribution in [0.5, 0.6) is 0 Å². The number of carboxylic acids is 1. The number of carboxylic acid groups (broad SMARTS) is 1. The van der Waals surface area contributed by atoms with Crippen LogP contribution in [0.2, 0.25) is 5.02 Å². The Labute approximate surface area is 113 Å². The summed E-state index contributed by atoms with van der Waals surface area (Å²) in [5, 5.41) is 16.6. The molecule has 1 aromatic heterocycles. The number of nitrogens with zero attached hydrogens (tertiary/aromatic N) is 3. The maximum Gasteiger partial charge on any atom is 0.309 e. The second-order valence-electron chi connectivity index (χ2n) is 4.16. The van der Waals surface area contributed by atoms with Crippen molar-refractivity contribution in [3.05, 3.63) is 39.9 Å². The van der Waals surface area contributed by atoms with Crippen LogP contribution in [0.25, 0.3) is 5.69 Å². The molecule has 5 nitrogen and oxygen atoms in total. The average molecular weight is 284 g/mol. The molecule has 1 N–H and O–H groups in total. The summed E-state index contributed by atoms with van der Waals surface area (Å²) in [6, 6.07) is 2.74. The van der Waals surface area contributed by atoms with E-state index in [4.69, 9.17) is 16.7 Å². The first kappa shape index (κ1) is 13.5. The highest BCUT2D eigenvalue weighted by Gasteiger charge is 2.16.